The molecule has 0 fully saturated rings. The van der Waals surface area contributed by atoms with Gasteiger partial charge in [-0.25, -0.2) is 14.0 Å². The molecule has 240 valence electrons. The van der Waals surface area contributed by atoms with E-state index in [4.69, 9.17) is 4.74 Å². The van der Waals surface area contributed by atoms with Crippen molar-refractivity contribution < 1.29 is 41.8 Å². The van der Waals surface area contributed by atoms with Crippen LogP contribution in [0, 0.1) is 11.7 Å². The summed E-state index contributed by atoms with van der Waals surface area (Å²) < 4.78 is 58.1. The number of carbonyl (C=O) groups is 3. The number of hydrogen-bond donors (Lipinski definition) is 4. The molecule has 4 N–H and O–H groups in total. The van der Waals surface area contributed by atoms with E-state index < -0.39 is 47.7 Å². The topological polar surface area (TPSA) is 123 Å². The lowest BCUT2D eigenvalue weighted by Gasteiger charge is -2.38. The molecule has 0 saturated carbocycles. The fraction of sp³-hybridized carbons (Fsp3) is 0.323. The average molecular weight is 632 g/mol. The number of nitrogens with one attached hydrogen (secondary N) is 3. The lowest BCUT2D eigenvalue weighted by Crippen LogP contribution is -2.50. The Hall–Kier alpha value is -4.85. The fourth-order valence-corrected chi connectivity index (χ4v) is 4.66. The smallest absolute Gasteiger partial charge is 0.416 e. The number of rotatable bonds is 7. The highest BCUT2D eigenvalue weighted by Crippen LogP contribution is 2.32. The van der Waals surface area contributed by atoms with Crippen molar-refractivity contribution in [3.05, 3.63) is 83.7 Å². The standard InChI is InChI=1S/C31H33F4N5O5/c1-18-15-40(19(2)17-41)28(42)25-14-24(37-29(43)36-22-10-6-21(32)7-11-22)12-13-26(25)45-27(18)16-39(3)30(44)38-23-8-4-20(5-9-23)31(33,34)35/h4-14,18-19,27,41H,15-17H2,1-3H3,(H,38,44)(H2,36,37,43)/t18-,19-,27-/m1/s1. The Kier molecular flexibility index (Phi) is 10.2. The molecule has 10 nitrogen and oxygen atoms in total. The van der Waals surface area contributed by atoms with Crippen LogP contribution in [-0.4, -0.2) is 71.8 Å². The van der Waals surface area contributed by atoms with Crippen LogP contribution < -0.4 is 20.7 Å². The van der Waals surface area contributed by atoms with Crippen molar-refractivity contribution in [3.8, 4) is 5.75 Å². The fourth-order valence-electron chi connectivity index (χ4n) is 4.66. The second-order valence-corrected chi connectivity index (χ2v) is 10.8. The molecule has 0 aromatic heterocycles. The number of anilines is 3. The summed E-state index contributed by atoms with van der Waals surface area (Å²) in [6, 6.07) is 11.9. The molecule has 0 radical (unpaired) electrons. The molecule has 0 aliphatic carbocycles. The molecule has 1 heterocycles. The average Bonchev–Trinajstić information content (AvgIpc) is 2.99. The maximum Gasteiger partial charge on any atom is 0.416 e. The Bertz CT molecular complexity index is 1520. The first-order valence-corrected chi connectivity index (χ1v) is 14.0. The molecule has 3 atom stereocenters. The zero-order valence-electron chi connectivity index (χ0n) is 24.7. The number of alkyl halides is 3. The number of aliphatic hydroxyl groups excluding tert-OH is 1. The van der Waals surface area contributed by atoms with Crippen molar-refractivity contribution in [1.82, 2.24) is 9.80 Å². The van der Waals surface area contributed by atoms with E-state index in [0.717, 1.165) is 24.3 Å². The van der Waals surface area contributed by atoms with Crippen LogP contribution in [0.1, 0.15) is 29.8 Å². The number of amides is 5. The van der Waals surface area contributed by atoms with Crippen LogP contribution in [0.4, 0.5) is 44.2 Å². The first-order valence-electron chi connectivity index (χ1n) is 14.0. The van der Waals surface area contributed by atoms with Gasteiger partial charge in [-0.1, -0.05) is 6.92 Å². The minimum Gasteiger partial charge on any atom is -0.487 e. The van der Waals surface area contributed by atoms with Crippen molar-refractivity contribution in [1.29, 1.82) is 0 Å². The Morgan fingerprint density at radius 2 is 1.58 bits per heavy atom. The van der Waals surface area contributed by atoms with E-state index in [9.17, 15) is 37.1 Å². The monoisotopic (exact) mass is 631 g/mol. The second kappa shape index (κ2) is 13.8. The summed E-state index contributed by atoms with van der Waals surface area (Å²) in [7, 11) is 1.50. The zero-order valence-corrected chi connectivity index (χ0v) is 24.7. The largest absolute Gasteiger partial charge is 0.487 e. The summed E-state index contributed by atoms with van der Waals surface area (Å²) >= 11 is 0. The number of hydrogen-bond acceptors (Lipinski definition) is 5. The third kappa shape index (κ3) is 8.41. The number of ether oxygens (including phenoxy) is 1. The number of aliphatic hydroxyl groups is 1. The molecular weight excluding hydrogens is 598 g/mol. The van der Waals surface area contributed by atoms with E-state index >= 15 is 0 Å². The molecule has 14 heteroatoms. The maximum atomic E-state index is 13.6. The summed E-state index contributed by atoms with van der Waals surface area (Å²) in [6.07, 6.45) is -5.15. The molecule has 1 aliphatic rings. The van der Waals surface area contributed by atoms with Crippen molar-refractivity contribution >= 4 is 35.0 Å². The first-order chi connectivity index (χ1) is 21.2. The predicted molar refractivity (Wildman–Crippen MR) is 160 cm³/mol. The number of benzene rings is 3. The maximum absolute atomic E-state index is 13.6. The van der Waals surface area contributed by atoms with Gasteiger partial charge in [-0.05, 0) is 73.7 Å². The minimum absolute atomic E-state index is 0.0443. The first kappa shape index (κ1) is 33.1. The third-order valence-corrected chi connectivity index (χ3v) is 7.29. The van der Waals surface area contributed by atoms with Crippen LogP contribution in [0.3, 0.4) is 0 Å². The zero-order chi connectivity index (χ0) is 32.9. The predicted octanol–water partition coefficient (Wildman–Crippen LogP) is 5.87. The third-order valence-electron chi connectivity index (χ3n) is 7.29. The lowest BCUT2D eigenvalue weighted by molar-refractivity contribution is -0.137. The number of halogens is 4. The van der Waals surface area contributed by atoms with Gasteiger partial charge >= 0.3 is 18.2 Å². The van der Waals surface area contributed by atoms with E-state index in [1.54, 1.807) is 6.92 Å². The molecule has 3 aromatic carbocycles. The Morgan fingerprint density at radius 1 is 1.00 bits per heavy atom. The van der Waals surface area contributed by atoms with Crippen LogP contribution in [0.15, 0.2) is 66.7 Å². The molecule has 0 saturated heterocycles. The summed E-state index contributed by atoms with van der Waals surface area (Å²) in [5.74, 6) is -1.03. The van der Waals surface area contributed by atoms with E-state index in [1.807, 2.05) is 6.92 Å². The minimum atomic E-state index is -4.50. The van der Waals surface area contributed by atoms with Gasteiger partial charge in [0, 0.05) is 36.6 Å². The van der Waals surface area contributed by atoms with Crippen LogP contribution in [0.2, 0.25) is 0 Å². The molecule has 0 unspecified atom stereocenters. The summed E-state index contributed by atoms with van der Waals surface area (Å²) in [6.45, 7) is 3.41. The number of urea groups is 2. The van der Waals surface area contributed by atoms with Gasteiger partial charge in [0.2, 0.25) is 0 Å². The highest BCUT2D eigenvalue weighted by Gasteiger charge is 2.34. The molecule has 0 bridgehead atoms. The van der Waals surface area contributed by atoms with Crippen LogP contribution >= 0.6 is 0 Å². The van der Waals surface area contributed by atoms with Crippen molar-refractivity contribution in [2.45, 2.75) is 32.2 Å². The Morgan fingerprint density at radius 3 is 2.20 bits per heavy atom. The number of nitrogens with zero attached hydrogens (tertiary/aromatic N) is 2. The lowest BCUT2D eigenvalue weighted by atomic mass is 9.99. The van der Waals surface area contributed by atoms with E-state index in [2.05, 4.69) is 16.0 Å². The van der Waals surface area contributed by atoms with Gasteiger partial charge in [-0.2, -0.15) is 13.2 Å². The van der Waals surface area contributed by atoms with Crippen molar-refractivity contribution in [3.63, 3.8) is 0 Å². The molecule has 3 aromatic rings. The highest BCUT2D eigenvalue weighted by atomic mass is 19.4. The second-order valence-electron chi connectivity index (χ2n) is 10.8. The quantitative estimate of drug-likeness (QED) is 0.243. The van der Waals surface area contributed by atoms with Gasteiger partial charge in [-0.3, -0.25) is 4.79 Å². The SMILES string of the molecule is C[C@@H]1CN([C@H](C)CO)C(=O)c2cc(NC(=O)Nc3ccc(F)cc3)ccc2O[C@@H]1CN(C)C(=O)Nc1ccc(C(F)(F)F)cc1. The van der Waals surface area contributed by atoms with Gasteiger partial charge < -0.3 is 35.6 Å². The van der Waals surface area contributed by atoms with Gasteiger partial charge in [0.25, 0.3) is 5.91 Å². The molecule has 1 aliphatic heterocycles. The summed E-state index contributed by atoms with van der Waals surface area (Å²) in [5.41, 5.74) is 0.0655. The van der Waals surface area contributed by atoms with Crippen LogP contribution in [0.5, 0.6) is 5.75 Å². The number of carbonyl (C=O) groups excluding carboxylic acids is 3. The van der Waals surface area contributed by atoms with Crippen molar-refractivity contribution in [2.75, 3.05) is 42.7 Å². The molecule has 4 rings (SSSR count). The summed E-state index contributed by atoms with van der Waals surface area (Å²) in [5, 5.41) is 17.6. The molecular formula is C31H33F4N5O5. The van der Waals surface area contributed by atoms with Crippen LogP contribution in [-0.2, 0) is 6.18 Å². The van der Waals surface area contributed by atoms with Crippen molar-refractivity contribution in [2.24, 2.45) is 5.92 Å². The highest BCUT2D eigenvalue weighted by molar-refractivity contribution is 6.02. The van der Waals surface area contributed by atoms with Gasteiger partial charge in [0.1, 0.15) is 17.7 Å². The number of fused-ring (bicyclic) bond motifs is 1. The number of likely N-dealkylation sites (N-methyl/N-ethyl adjacent to an activating group) is 1. The molecule has 45 heavy (non-hydrogen) atoms. The van der Waals surface area contributed by atoms with Crippen LogP contribution in [0.25, 0.3) is 0 Å². The van der Waals surface area contributed by atoms with E-state index in [-0.39, 0.29) is 48.3 Å². The molecule has 5 amide bonds. The van der Waals surface area contributed by atoms with E-state index in [1.165, 1.54) is 59.3 Å². The Labute approximate surface area is 257 Å². The van der Waals surface area contributed by atoms with Gasteiger partial charge in [-0.15, -0.1) is 0 Å². The van der Waals surface area contributed by atoms with E-state index in [0.29, 0.717) is 5.69 Å². The summed E-state index contributed by atoms with van der Waals surface area (Å²) in [4.78, 5) is 41.9. The normalized spacial score (nSPS) is 17.2. The van der Waals surface area contributed by atoms with Gasteiger partial charge in [0.15, 0.2) is 0 Å². The van der Waals surface area contributed by atoms with Gasteiger partial charge in [0.05, 0.1) is 30.3 Å². The Balaban J connectivity index is 1.52. The molecule has 0 spiro atoms.